The molecule has 1 saturated heterocycles. The molecule has 3 atom stereocenters. The van der Waals surface area contributed by atoms with E-state index in [2.05, 4.69) is 0 Å². The SMILES string of the molecule is CO[C@]12OC(C)=N[C@@]1(C(C)C)[C@]1(O2)C(=O)N(C)C(=O)c2ccccc21. The van der Waals surface area contributed by atoms with Crippen molar-refractivity contribution in [1.82, 2.24) is 4.90 Å². The number of hydrogen-bond donors (Lipinski definition) is 0. The van der Waals surface area contributed by atoms with Crippen molar-refractivity contribution in [2.24, 2.45) is 10.9 Å². The predicted molar refractivity (Wildman–Crippen MR) is 87.8 cm³/mol. The third-order valence-electron chi connectivity index (χ3n) is 5.46. The lowest BCUT2D eigenvalue weighted by Gasteiger charge is -2.64. The molecular weight excluding hydrogens is 324 g/mol. The number of likely N-dealkylation sites (N-methyl/N-ethyl adjacent to an activating group) is 1. The number of benzene rings is 1. The van der Waals surface area contributed by atoms with Gasteiger partial charge >= 0.3 is 5.97 Å². The van der Waals surface area contributed by atoms with Gasteiger partial charge in [-0.15, -0.1) is 0 Å². The van der Waals surface area contributed by atoms with Crippen LogP contribution >= 0.6 is 0 Å². The zero-order valence-electron chi connectivity index (χ0n) is 14.8. The van der Waals surface area contributed by atoms with Gasteiger partial charge in [0.05, 0.1) is 0 Å². The first kappa shape index (κ1) is 16.2. The molecule has 4 rings (SSSR count). The van der Waals surface area contributed by atoms with Crippen molar-refractivity contribution in [2.45, 2.75) is 37.9 Å². The van der Waals surface area contributed by atoms with Crippen LogP contribution in [-0.2, 0) is 24.6 Å². The normalized spacial score (nSPS) is 36.1. The monoisotopic (exact) mass is 344 g/mol. The molecule has 3 heterocycles. The standard InChI is InChI=1S/C18H20N2O5/c1-10(2)17-16(25-18(17,23-5)24-11(3)19-17)13-9-7-6-8-12(13)14(21)20(4)15(16)22/h6-10H,1-5H3/t16-,17+,18+/m1/s1. The van der Waals surface area contributed by atoms with E-state index in [0.717, 1.165) is 4.90 Å². The molecule has 132 valence electrons. The molecule has 3 aliphatic rings. The number of methoxy groups -OCH3 is 1. The highest BCUT2D eigenvalue weighted by Crippen LogP contribution is 2.67. The summed E-state index contributed by atoms with van der Waals surface area (Å²) >= 11 is 0. The van der Waals surface area contributed by atoms with Crippen LogP contribution in [0.15, 0.2) is 29.3 Å². The molecule has 0 N–H and O–H groups in total. The molecule has 3 aliphatic heterocycles. The van der Waals surface area contributed by atoms with E-state index in [9.17, 15) is 9.59 Å². The van der Waals surface area contributed by atoms with Crippen molar-refractivity contribution in [2.75, 3.05) is 14.2 Å². The summed E-state index contributed by atoms with van der Waals surface area (Å²) in [6, 6.07) is 6.98. The van der Waals surface area contributed by atoms with Gasteiger partial charge in [-0.3, -0.25) is 19.2 Å². The van der Waals surface area contributed by atoms with E-state index in [4.69, 9.17) is 19.2 Å². The molecule has 1 aromatic carbocycles. The number of imide groups is 1. The van der Waals surface area contributed by atoms with E-state index in [1.54, 1.807) is 31.2 Å². The fourth-order valence-corrected chi connectivity index (χ4v) is 4.43. The molecule has 7 nitrogen and oxygen atoms in total. The second-order valence-electron chi connectivity index (χ2n) is 6.91. The van der Waals surface area contributed by atoms with Crippen LogP contribution in [0.5, 0.6) is 0 Å². The van der Waals surface area contributed by atoms with Gasteiger partial charge in [0.2, 0.25) is 11.1 Å². The average molecular weight is 344 g/mol. The van der Waals surface area contributed by atoms with Crippen LogP contribution in [0.4, 0.5) is 0 Å². The summed E-state index contributed by atoms with van der Waals surface area (Å²) in [5, 5.41) is 0. The maximum absolute atomic E-state index is 13.3. The average Bonchev–Trinajstić information content (AvgIpc) is 2.83. The lowest BCUT2D eigenvalue weighted by Crippen LogP contribution is -2.85. The van der Waals surface area contributed by atoms with Gasteiger partial charge in [0.25, 0.3) is 11.8 Å². The zero-order chi connectivity index (χ0) is 18.2. The minimum atomic E-state index is -1.48. The Morgan fingerprint density at radius 3 is 2.56 bits per heavy atom. The maximum atomic E-state index is 13.3. The largest absolute Gasteiger partial charge is 0.424 e. The van der Waals surface area contributed by atoms with Crippen molar-refractivity contribution < 1.29 is 23.8 Å². The van der Waals surface area contributed by atoms with E-state index in [1.807, 2.05) is 13.8 Å². The highest BCUT2D eigenvalue weighted by Gasteiger charge is 2.88. The number of carbonyl (C=O) groups excluding carboxylic acids is 2. The predicted octanol–water partition coefficient (Wildman–Crippen LogP) is 1.67. The van der Waals surface area contributed by atoms with Crippen LogP contribution in [0.3, 0.4) is 0 Å². The van der Waals surface area contributed by atoms with Gasteiger partial charge in [0.1, 0.15) is 0 Å². The van der Waals surface area contributed by atoms with Gasteiger partial charge in [0, 0.05) is 32.2 Å². The minimum absolute atomic E-state index is 0.155. The quantitative estimate of drug-likeness (QED) is 0.763. The molecule has 0 radical (unpaired) electrons. The fraction of sp³-hybridized carbons (Fsp3) is 0.500. The Morgan fingerprint density at radius 1 is 1.24 bits per heavy atom. The van der Waals surface area contributed by atoms with Gasteiger partial charge < -0.3 is 9.47 Å². The molecule has 1 aromatic rings. The van der Waals surface area contributed by atoms with Gasteiger partial charge in [-0.05, 0) is 12.0 Å². The fourth-order valence-electron chi connectivity index (χ4n) is 4.43. The number of carbonyl (C=O) groups is 2. The Balaban J connectivity index is 2.06. The minimum Gasteiger partial charge on any atom is -0.424 e. The number of rotatable bonds is 2. The smallest absolute Gasteiger partial charge is 0.360 e. The molecule has 2 amide bonds. The Labute approximate surface area is 145 Å². The number of aliphatic imine (C=N–C) groups is 1. The Morgan fingerprint density at radius 2 is 1.92 bits per heavy atom. The van der Waals surface area contributed by atoms with Crippen molar-refractivity contribution in [3.63, 3.8) is 0 Å². The maximum Gasteiger partial charge on any atom is 0.360 e. The van der Waals surface area contributed by atoms with Gasteiger partial charge in [-0.2, -0.15) is 0 Å². The summed E-state index contributed by atoms with van der Waals surface area (Å²) in [5.41, 5.74) is -1.66. The van der Waals surface area contributed by atoms with Crippen molar-refractivity contribution in [3.8, 4) is 0 Å². The van der Waals surface area contributed by atoms with E-state index in [-0.39, 0.29) is 11.8 Å². The number of ether oxygens (including phenoxy) is 3. The number of hydrogen-bond acceptors (Lipinski definition) is 6. The highest BCUT2D eigenvalue weighted by molar-refractivity contribution is 6.13. The molecule has 0 unspecified atom stereocenters. The van der Waals surface area contributed by atoms with Gasteiger partial charge in [-0.25, -0.2) is 4.99 Å². The second kappa shape index (κ2) is 4.68. The van der Waals surface area contributed by atoms with Crippen LogP contribution in [-0.4, -0.2) is 48.3 Å². The number of fused-ring (bicyclic) bond motifs is 4. The number of nitrogens with zero attached hydrogens (tertiary/aromatic N) is 2. The van der Waals surface area contributed by atoms with Gasteiger partial charge in [0.15, 0.2) is 5.90 Å². The topological polar surface area (TPSA) is 77.4 Å². The van der Waals surface area contributed by atoms with Crippen molar-refractivity contribution >= 4 is 17.7 Å². The molecule has 0 saturated carbocycles. The number of amides is 2. The second-order valence-corrected chi connectivity index (χ2v) is 6.91. The third kappa shape index (κ3) is 1.48. The van der Waals surface area contributed by atoms with Crippen LogP contribution < -0.4 is 0 Å². The summed E-state index contributed by atoms with van der Waals surface area (Å²) < 4.78 is 17.5. The third-order valence-corrected chi connectivity index (χ3v) is 5.46. The Bertz CT molecular complexity index is 835. The summed E-state index contributed by atoms with van der Waals surface area (Å²) in [7, 11) is 2.92. The van der Waals surface area contributed by atoms with E-state index < -0.39 is 23.0 Å². The first-order valence-corrected chi connectivity index (χ1v) is 8.20. The summed E-state index contributed by atoms with van der Waals surface area (Å²) in [6.45, 7) is 5.58. The Kier molecular flexibility index (Phi) is 3.04. The first-order valence-electron chi connectivity index (χ1n) is 8.20. The molecule has 25 heavy (non-hydrogen) atoms. The van der Waals surface area contributed by atoms with E-state index >= 15 is 0 Å². The summed E-state index contributed by atoms with van der Waals surface area (Å²) in [4.78, 5) is 31.7. The molecule has 0 aromatic heterocycles. The van der Waals surface area contributed by atoms with Crippen LogP contribution in [0.1, 0.15) is 36.7 Å². The summed E-state index contributed by atoms with van der Waals surface area (Å²) in [6.07, 6.45) is 0. The highest BCUT2D eigenvalue weighted by atomic mass is 16.9. The lowest BCUT2D eigenvalue weighted by atomic mass is 9.60. The van der Waals surface area contributed by atoms with Crippen LogP contribution in [0.25, 0.3) is 0 Å². The molecular formula is C18H20N2O5. The molecule has 7 heteroatoms. The van der Waals surface area contributed by atoms with E-state index in [1.165, 1.54) is 14.2 Å². The zero-order valence-corrected chi connectivity index (χ0v) is 14.8. The molecule has 0 aliphatic carbocycles. The first-order chi connectivity index (χ1) is 11.8. The van der Waals surface area contributed by atoms with E-state index in [0.29, 0.717) is 17.0 Å². The molecule has 1 spiro atoms. The Hall–Kier alpha value is -2.25. The lowest BCUT2D eigenvalue weighted by molar-refractivity contribution is -0.496. The van der Waals surface area contributed by atoms with Crippen molar-refractivity contribution in [1.29, 1.82) is 0 Å². The van der Waals surface area contributed by atoms with Crippen LogP contribution in [0.2, 0.25) is 0 Å². The van der Waals surface area contributed by atoms with Crippen molar-refractivity contribution in [3.05, 3.63) is 35.4 Å². The molecule has 0 bridgehead atoms. The molecule has 1 fully saturated rings. The van der Waals surface area contributed by atoms with Crippen LogP contribution in [0, 0.1) is 5.92 Å². The summed E-state index contributed by atoms with van der Waals surface area (Å²) in [5.74, 6) is -2.06. The van der Waals surface area contributed by atoms with Gasteiger partial charge in [-0.1, -0.05) is 32.0 Å².